The number of carbonyl (C=O) groups is 2. The molecule has 27 heavy (non-hydrogen) atoms. The maximum Gasteiger partial charge on any atom is 0.274 e. The summed E-state index contributed by atoms with van der Waals surface area (Å²) in [6.45, 7) is 0. The highest BCUT2D eigenvalue weighted by molar-refractivity contribution is 6.07. The van der Waals surface area contributed by atoms with Gasteiger partial charge in [-0.1, -0.05) is 6.07 Å². The van der Waals surface area contributed by atoms with Gasteiger partial charge in [0, 0.05) is 17.4 Å². The number of anilines is 2. The number of nitrogens with one attached hydrogen (secondary N) is 2. The van der Waals surface area contributed by atoms with Gasteiger partial charge in [0.2, 0.25) is 0 Å². The van der Waals surface area contributed by atoms with E-state index in [4.69, 9.17) is 0 Å². The molecule has 8 heteroatoms. The Bertz CT molecular complexity index is 987. The minimum absolute atomic E-state index is 0.0912. The fourth-order valence-corrected chi connectivity index (χ4v) is 2.23. The highest BCUT2D eigenvalue weighted by Gasteiger charge is 2.16. The van der Waals surface area contributed by atoms with Gasteiger partial charge in [0.05, 0.1) is 0 Å². The lowest BCUT2D eigenvalue weighted by atomic mass is 10.2. The van der Waals surface area contributed by atoms with Crippen LogP contribution in [-0.2, 0) is 0 Å². The van der Waals surface area contributed by atoms with Gasteiger partial charge in [-0.05, 0) is 48.5 Å². The molecule has 0 radical (unpaired) electrons. The Morgan fingerprint density at radius 2 is 1.48 bits per heavy atom. The molecule has 0 spiro atoms. The molecule has 0 saturated heterocycles. The van der Waals surface area contributed by atoms with Crippen LogP contribution in [0.25, 0.3) is 0 Å². The molecule has 0 aliphatic rings. The van der Waals surface area contributed by atoms with Gasteiger partial charge >= 0.3 is 0 Å². The van der Waals surface area contributed by atoms with Gasteiger partial charge in [-0.2, -0.15) is 0 Å². The zero-order chi connectivity index (χ0) is 19.4. The molecule has 3 rings (SSSR count). The number of carbonyl (C=O) groups excluding carboxylic acids is 2. The fourth-order valence-electron chi connectivity index (χ4n) is 2.23. The third-order valence-corrected chi connectivity index (χ3v) is 3.56. The maximum atomic E-state index is 13.6. The van der Waals surface area contributed by atoms with E-state index in [1.165, 1.54) is 48.7 Å². The first-order valence-corrected chi connectivity index (χ1v) is 7.72. The second kappa shape index (κ2) is 7.69. The second-order valence-corrected chi connectivity index (χ2v) is 5.44. The van der Waals surface area contributed by atoms with Gasteiger partial charge < -0.3 is 10.6 Å². The van der Waals surface area contributed by atoms with Crippen LogP contribution in [0.1, 0.15) is 20.8 Å². The molecule has 3 aromatic rings. The average Bonchev–Trinajstić information content (AvgIpc) is 2.66. The van der Waals surface area contributed by atoms with Crippen LogP contribution in [0.3, 0.4) is 0 Å². The van der Waals surface area contributed by atoms with Gasteiger partial charge in [-0.3, -0.25) is 14.6 Å². The molecule has 0 saturated carbocycles. The lowest BCUT2D eigenvalue weighted by molar-refractivity contribution is 0.102. The van der Waals surface area contributed by atoms with Gasteiger partial charge in [0.1, 0.15) is 28.8 Å². The predicted molar refractivity (Wildman–Crippen MR) is 92.9 cm³/mol. The fraction of sp³-hybridized carbons (Fsp3) is 0. The molecule has 0 bridgehead atoms. The largest absolute Gasteiger partial charge is 0.322 e. The standard InChI is InChI=1S/C19H12F3N3O2/c20-12-4-6-13(7-5-12)24-18(26)11-8-9-23-16(10-11)19(27)25-17-14(21)2-1-3-15(17)22/h1-10H,(H,24,26)(H,25,27). The van der Waals surface area contributed by atoms with Crippen LogP contribution in [0.4, 0.5) is 24.5 Å². The van der Waals surface area contributed by atoms with E-state index >= 15 is 0 Å². The summed E-state index contributed by atoms with van der Waals surface area (Å²) in [5.74, 6) is -3.76. The lowest BCUT2D eigenvalue weighted by Gasteiger charge is -2.08. The Balaban J connectivity index is 1.77. The van der Waals surface area contributed by atoms with E-state index < -0.39 is 35.0 Å². The first kappa shape index (κ1) is 18.1. The number of pyridine rings is 1. The summed E-state index contributed by atoms with van der Waals surface area (Å²) < 4.78 is 40.2. The van der Waals surface area contributed by atoms with Crippen molar-refractivity contribution in [2.24, 2.45) is 0 Å². The molecule has 2 N–H and O–H groups in total. The van der Waals surface area contributed by atoms with Crippen LogP contribution in [0.5, 0.6) is 0 Å². The van der Waals surface area contributed by atoms with Gasteiger partial charge in [0.25, 0.3) is 11.8 Å². The summed E-state index contributed by atoms with van der Waals surface area (Å²) in [7, 11) is 0. The number of halogens is 3. The minimum Gasteiger partial charge on any atom is -0.322 e. The van der Waals surface area contributed by atoms with Crippen LogP contribution in [0.2, 0.25) is 0 Å². The van der Waals surface area contributed by atoms with Crippen LogP contribution in [0.15, 0.2) is 60.8 Å². The number of aromatic nitrogens is 1. The quantitative estimate of drug-likeness (QED) is 0.728. The lowest BCUT2D eigenvalue weighted by Crippen LogP contribution is -2.18. The predicted octanol–water partition coefficient (Wildman–Crippen LogP) is 4.00. The summed E-state index contributed by atoms with van der Waals surface area (Å²) in [6, 6.07) is 10.8. The summed E-state index contributed by atoms with van der Waals surface area (Å²) in [6.07, 6.45) is 1.21. The van der Waals surface area contributed by atoms with Crippen molar-refractivity contribution in [1.29, 1.82) is 0 Å². The van der Waals surface area contributed by atoms with Crippen LogP contribution >= 0.6 is 0 Å². The van der Waals surface area contributed by atoms with E-state index in [1.807, 2.05) is 0 Å². The Labute approximate surface area is 151 Å². The molecule has 2 amide bonds. The summed E-state index contributed by atoms with van der Waals surface area (Å²) in [4.78, 5) is 28.3. The maximum absolute atomic E-state index is 13.6. The van der Waals surface area contributed by atoms with Gasteiger partial charge in [0.15, 0.2) is 0 Å². The minimum atomic E-state index is -0.937. The first-order valence-electron chi connectivity index (χ1n) is 7.72. The average molecular weight is 371 g/mol. The molecule has 0 atom stereocenters. The van der Waals surface area contributed by atoms with Crippen molar-refractivity contribution in [2.75, 3.05) is 10.6 Å². The Hall–Kier alpha value is -3.68. The summed E-state index contributed by atoms with van der Waals surface area (Å²) >= 11 is 0. The van der Waals surface area contributed by atoms with Crippen LogP contribution in [0, 0.1) is 17.5 Å². The van der Waals surface area contributed by atoms with E-state index in [0.29, 0.717) is 5.69 Å². The molecule has 0 aliphatic carbocycles. The van der Waals surface area contributed by atoms with Crippen molar-refractivity contribution >= 4 is 23.2 Å². The number of benzene rings is 2. The SMILES string of the molecule is O=C(Nc1ccc(F)cc1)c1ccnc(C(=O)Nc2c(F)cccc2F)c1. The second-order valence-electron chi connectivity index (χ2n) is 5.44. The molecule has 2 aromatic carbocycles. The number of hydrogen-bond acceptors (Lipinski definition) is 3. The van der Waals surface area contributed by atoms with E-state index in [1.54, 1.807) is 0 Å². The Kier molecular flexibility index (Phi) is 5.16. The zero-order valence-corrected chi connectivity index (χ0v) is 13.7. The molecule has 1 aromatic heterocycles. The van der Waals surface area contributed by atoms with E-state index in [-0.39, 0.29) is 11.3 Å². The molecule has 0 unspecified atom stereocenters. The molecule has 5 nitrogen and oxygen atoms in total. The van der Waals surface area contributed by atoms with Crippen molar-refractivity contribution in [3.8, 4) is 0 Å². The van der Waals surface area contributed by atoms with Gasteiger partial charge in [-0.15, -0.1) is 0 Å². The van der Waals surface area contributed by atoms with Crippen molar-refractivity contribution < 1.29 is 22.8 Å². The number of para-hydroxylation sites is 1. The summed E-state index contributed by atoms with van der Waals surface area (Å²) in [5, 5.41) is 4.63. The first-order chi connectivity index (χ1) is 12.9. The van der Waals surface area contributed by atoms with Crippen LogP contribution < -0.4 is 10.6 Å². The van der Waals surface area contributed by atoms with E-state index in [0.717, 1.165) is 12.1 Å². The molecule has 136 valence electrons. The summed E-state index contributed by atoms with van der Waals surface area (Å²) in [5.41, 5.74) is -0.360. The highest BCUT2D eigenvalue weighted by Crippen LogP contribution is 2.19. The topological polar surface area (TPSA) is 71.1 Å². The smallest absolute Gasteiger partial charge is 0.274 e. The number of rotatable bonds is 4. The third-order valence-electron chi connectivity index (χ3n) is 3.56. The van der Waals surface area contributed by atoms with Crippen LogP contribution in [-0.4, -0.2) is 16.8 Å². The normalized spacial score (nSPS) is 10.3. The number of nitrogens with zero attached hydrogens (tertiary/aromatic N) is 1. The van der Waals surface area contributed by atoms with Crippen molar-refractivity contribution in [2.45, 2.75) is 0 Å². The molecule has 0 fully saturated rings. The highest BCUT2D eigenvalue weighted by atomic mass is 19.1. The van der Waals surface area contributed by atoms with Gasteiger partial charge in [-0.25, -0.2) is 13.2 Å². The molecular formula is C19H12F3N3O2. The molecule has 0 aliphatic heterocycles. The molecular weight excluding hydrogens is 359 g/mol. The van der Waals surface area contributed by atoms with E-state index in [2.05, 4.69) is 15.6 Å². The number of amides is 2. The third kappa shape index (κ3) is 4.30. The Morgan fingerprint density at radius 1 is 0.815 bits per heavy atom. The Morgan fingerprint density at radius 3 is 2.15 bits per heavy atom. The van der Waals surface area contributed by atoms with E-state index in [9.17, 15) is 22.8 Å². The van der Waals surface area contributed by atoms with Crippen molar-refractivity contribution in [3.63, 3.8) is 0 Å². The zero-order valence-electron chi connectivity index (χ0n) is 13.7. The molecule has 1 heterocycles. The number of hydrogen-bond donors (Lipinski definition) is 2. The monoisotopic (exact) mass is 371 g/mol. The van der Waals surface area contributed by atoms with Crippen molar-refractivity contribution in [1.82, 2.24) is 4.98 Å². The van der Waals surface area contributed by atoms with Crippen molar-refractivity contribution in [3.05, 3.63) is 89.5 Å².